The minimum absolute atomic E-state index is 1.07. The third-order valence-corrected chi connectivity index (χ3v) is 14.4. The van der Waals surface area contributed by atoms with E-state index < -0.39 is 0 Å². The Morgan fingerprint density at radius 3 is 0.724 bits per heavy atom. The van der Waals surface area contributed by atoms with Crippen LogP contribution in [0.4, 0.5) is 34.1 Å². The molecule has 12 aromatic carbocycles. The van der Waals surface area contributed by atoms with Gasteiger partial charge < -0.3 is 9.80 Å². The minimum Gasteiger partial charge on any atom is -0.311 e. The molecule has 0 radical (unpaired) electrons. The molecule has 0 aromatic heterocycles. The van der Waals surface area contributed by atoms with Crippen LogP contribution in [0, 0.1) is 13.8 Å². The number of hydrogen-bond acceptors (Lipinski definition) is 2. The first-order chi connectivity index (χ1) is 37.5. The van der Waals surface area contributed by atoms with E-state index >= 15 is 0 Å². The molecule has 362 valence electrons. The predicted octanol–water partition coefficient (Wildman–Crippen LogP) is 20.9. The lowest BCUT2D eigenvalue weighted by molar-refractivity contribution is 1.28. The van der Waals surface area contributed by atoms with Crippen molar-refractivity contribution < 1.29 is 0 Å². The molecule has 0 fully saturated rings. The fourth-order valence-electron chi connectivity index (χ4n) is 10.5. The van der Waals surface area contributed by atoms with Crippen molar-refractivity contribution in [3.8, 4) is 77.9 Å². The van der Waals surface area contributed by atoms with E-state index in [9.17, 15) is 0 Å². The zero-order valence-electron chi connectivity index (χ0n) is 42.8. The van der Waals surface area contributed by atoms with E-state index in [1.165, 1.54) is 72.3 Å². The first-order valence-electron chi connectivity index (χ1n) is 26.1. The second-order valence-electron chi connectivity index (χ2n) is 19.6. The van der Waals surface area contributed by atoms with Crippen LogP contribution in [0.3, 0.4) is 0 Å². The van der Waals surface area contributed by atoms with Crippen LogP contribution in [0.5, 0.6) is 0 Å². The molecule has 2 heteroatoms. The van der Waals surface area contributed by atoms with Gasteiger partial charge in [-0.15, -0.1) is 0 Å². The fourth-order valence-corrected chi connectivity index (χ4v) is 10.5. The number of nitrogens with zero attached hydrogens (tertiary/aromatic N) is 2. The summed E-state index contributed by atoms with van der Waals surface area (Å²) in [6.45, 7) is 4.34. The van der Waals surface area contributed by atoms with E-state index in [0.29, 0.717) is 0 Å². The summed E-state index contributed by atoms with van der Waals surface area (Å²) in [6.07, 6.45) is 0. The third kappa shape index (κ3) is 10.3. The van der Waals surface area contributed by atoms with Crippen LogP contribution in [-0.4, -0.2) is 0 Å². The van der Waals surface area contributed by atoms with Gasteiger partial charge in [0.2, 0.25) is 0 Å². The predicted molar refractivity (Wildman–Crippen MR) is 323 cm³/mol. The highest BCUT2D eigenvalue weighted by Gasteiger charge is 2.17. The van der Waals surface area contributed by atoms with E-state index in [-0.39, 0.29) is 0 Å². The molecule has 0 N–H and O–H groups in total. The molecule has 12 rings (SSSR count). The summed E-state index contributed by atoms with van der Waals surface area (Å²) in [5, 5.41) is 0. The van der Waals surface area contributed by atoms with Crippen LogP contribution in [0.1, 0.15) is 11.1 Å². The van der Waals surface area contributed by atoms with E-state index in [4.69, 9.17) is 0 Å². The van der Waals surface area contributed by atoms with Crippen molar-refractivity contribution in [1.29, 1.82) is 0 Å². The van der Waals surface area contributed by atoms with Crippen molar-refractivity contribution in [3.63, 3.8) is 0 Å². The number of anilines is 6. The Morgan fingerprint density at radius 1 is 0.158 bits per heavy atom. The van der Waals surface area contributed by atoms with E-state index in [1.807, 2.05) is 0 Å². The van der Waals surface area contributed by atoms with Crippen LogP contribution >= 0.6 is 0 Å². The summed E-state index contributed by atoms with van der Waals surface area (Å²) in [5.74, 6) is 0. The van der Waals surface area contributed by atoms with Gasteiger partial charge in [0.05, 0.1) is 0 Å². The molecule has 0 aliphatic carbocycles. The van der Waals surface area contributed by atoms with Crippen molar-refractivity contribution in [2.24, 2.45) is 0 Å². The van der Waals surface area contributed by atoms with Gasteiger partial charge in [-0.2, -0.15) is 0 Å². The molecule has 0 bridgehead atoms. The van der Waals surface area contributed by atoms with Crippen molar-refractivity contribution in [2.75, 3.05) is 9.80 Å². The highest BCUT2D eigenvalue weighted by molar-refractivity contribution is 5.85. The second kappa shape index (κ2) is 21.4. The van der Waals surface area contributed by atoms with Crippen LogP contribution in [0.15, 0.2) is 303 Å². The minimum atomic E-state index is 1.07. The van der Waals surface area contributed by atoms with E-state index in [2.05, 4.69) is 327 Å². The van der Waals surface area contributed by atoms with Crippen molar-refractivity contribution in [1.82, 2.24) is 0 Å². The molecule has 0 saturated carbocycles. The molecule has 0 saturated heterocycles. The highest BCUT2D eigenvalue weighted by Crippen LogP contribution is 2.41. The zero-order valence-corrected chi connectivity index (χ0v) is 42.8. The Bertz CT molecular complexity index is 3760. The van der Waals surface area contributed by atoms with Gasteiger partial charge in [-0.1, -0.05) is 236 Å². The van der Waals surface area contributed by atoms with Gasteiger partial charge in [-0.05, 0) is 171 Å². The maximum atomic E-state index is 2.37. The molecule has 12 aromatic rings. The number of hydrogen-bond donors (Lipinski definition) is 0. The van der Waals surface area contributed by atoms with Crippen LogP contribution in [-0.2, 0) is 0 Å². The largest absolute Gasteiger partial charge is 0.311 e. The van der Waals surface area contributed by atoms with Gasteiger partial charge in [0.25, 0.3) is 0 Å². The zero-order chi connectivity index (χ0) is 51.2. The third-order valence-electron chi connectivity index (χ3n) is 14.4. The van der Waals surface area contributed by atoms with Gasteiger partial charge in [-0.3, -0.25) is 0 Å². The lowest BCUT2D eigenvalue weighted by Gasteiger charge is -2.27. The standard InChI is InChI=1S/C74H56N2/c1-53-48-54(2)50-68(49-53)66-21-12-20-65(51-66)67-22-13-23-74(52-67)76(72-44-34-62(35-45-72)59-26-24-58(25-27-59)55-14-6-3-7-15-55)73-46-36-64(37-47-73)63-32-42-71(43-33-63)75(69-38-28-60(29-39-69)56-16-8-4-9-17-56)70-40-30-61(31-41-70)57-18-10-5-11-19-57/h3-52H,1-2H3. The molecule has 0 heterocycles. The van der Waals surface area contributed by atoms with Crippen molar-refractivity contribution >= 4 is 34.1 Å². The Morgan fingerprint density at radius 2 is 0.395 bits per heavy atom. The molecule has 0 unspecified atom stereocenters. The molecule has 0 amide bonds. The maximum absolute atomic E-state index is 2.37. The van der Waals surface area contributed by atoms with Crippen LogP contribution in [0.25, 0.3) is 77.9 Å². The van der Waals surface area contributed by atoms with Gasteiger partial charge in [-0.25, -0.2) is 0 Å². The fraction of sp³-hybridized carbons (Fsp3) is 0.0270. The monoisotopic (exact) mass is 972 g/mol. The first-order valence-corrected chi connectivity index (χ1v) is 26.1. The number of rotatable bonds is 13. The average molecular weight is 973 g/mol. The summed E-state index contributed by atoms with van der Waals surface area (Å²) in [6, 6.07) is 110. The smallest absolute Gasteiger partial charge is 0.0467 e. The van der Waals surface area contributed by atoms with Crippen LogP contribution < -0.4 is 9.80 Å². The van der Waals surface area contributed by atoms with E-state index in [1.54, 1.807) is 0 Å². The second-order valence-corrected chi connectivity index (χ2v) is 19.6. The maximum Gasteiger partial charge on any atom is 0.0467 e. The topological polar surface area (TPSA) is 6.48 Å². The summed E-state index contributed by atoms with van der Waals surface area (Å²) in [7, 11) is 0. The Kier molecular flexibility index (Phi) is 13.3. The van der Waals surface area contributed by atoms with Crippen LogP contribution in [0.2, 0.25) is 0 Å². The molecule has 0 aliphatic rings. The van der Waals surface area contributed by atoms with E-state index in [0.717, 1.165) is 50.8 Å². The molecule has 76 heavy (non-hydrogen) atoms. The summed E-state index contributed by atoms with van der Waals surface area (Å²) in [4.78, 5) is 4.71. The van der Waals surface area contributed by atoms with Crippen molar-refractivity contribution in [2.45, 2.75) is 13.8 Å². The van der Waals surface area contributed by atoms with Gasteiger partial charge in [0.1, 0.15) is 0 Å². The molecule has 0 atom stereocenters. The summed E-state index contributed by atoms with van der Waals surface area (Å²) < 4.78 is 0. The Labute approximate surface area is 447 Å². The first kappa shape index (κ1) is 47.3. The summed E-state index contributed by atoms with van der Waals surface area (Å²) >= 11 is 0. The molecular formula is C74H56N2. The number of aryl methyl sites for hydroxylation is 2. The van der Waals surface area contributed by atoms with Gasteiger partial charge in [0.15, 0.2) is 0 Å². The van der Waals surface area contributed by atoms with Gasteiger partial charge >= 0.3 is 0 Å². The Balaban J connectivity index is 0.869. The normalized spacial score (nSPS) is 11.0. The highest BCUT2D eigenvalue weighted by atomic mass is 15.1. The SMILES string of the molecule is Cc1cc(C)cc(-c2cccc(-c3cccc(N(c4ccc(-c5ccc(-c6ccccc6)cc5)cc4)c4ccc(-c5ccc(N(c6ccc(-c7ccccc7)cc6)c6ccc(-c7ccccc7)cc6)cc5)cc4)c3)c2)c1. The quantitative estimate of drug-likeness (QED) is 0.114. The Hall–Kier alpha value is -9.76. The molecule has 0 aliphatic heterocycles. The molecule has 0 spiro atoms. The summed E-state index contributed by atoms with van der Waals surface area (Å²) in [5.41, 5.74) is 25.7. The van der Waals surface area contributed by atoms with Gasteiger partial charge in [0, 0.05) is 34.1 Å². The molecular weight excluding hydrogens is 917 g/mol. The van der Waals surface area contributed by atoms with Crippen molar-refractivity contribution in [3.05, 3.63) is 314 Å². The lowest BCUT2D eigenvalue weighted by atomic mass is 9.96. The average Bonchev–Trinajstić information content (AvgIpc) is 3.50. The number of benzene rings is 12. The molecule has 2 nitrogen and oxygen atoms in total. The lowest BCUT2D eigenvalue weighted by Crippen LogP contribution is -2.10.